The van der Waals surface area contributed by atoms with E-state index in [1.165, 1.54) is 6.07 Å². The van der Waals surface area contributed by atoms with Crippen molar-refractivity contribution in [2.45, 2.75) is 49.8 Å². The van der Waals surface area contributed by atoms with E-state index in [-0.39, 0.29) is 10.3 Å². The molecule has 1 unspecified atom stereocenters. The molecule has 0 saturated heterocycles. The normalized spacial score (nSPS) is 13.8. The molecule has 0 bridgehead atoms. The third-order valence-corrected chi connectivity index (χ3v) is 5.72. The lowest BCUT2D eigenvalue weighted by Gasteiger charge is -2.12. The second kappa shape index (κ2) is 6.73. The molecule has 0 saturated carbocycles. The second-order valence-electron chi connectivity index (χ2n) is 4.08. The van der Waals surface area contributed by atoms with Gasteiger partial charge >= 0.3 is 0 Å². The van der Waals surface area contributed by atoms with Gasteiger partial charge in [-0.1, -0.05) is 37.8 Å². The van der Waals surface area contributed by atoms with Crippen LogP contribution in [0.5, 0.6) is 0 Å². The smallest absolute Gasteiger partial charge is 0.208 e. The average molecular weight is 296 g/mol. The first kappa shape index (κ1) is 15.0. The van der Waals surface area contributed by atoms with Crippen molar-refractivity contribution in [2.75, 3.05) is 0 Å². The Balaban J connectivity index is 2.55. The van der Waals surface area contributed by atoms with Crippen molar-refractivity contribution in [3.05, 3.63) is 16.5 Å². The van der Waals surface area contributed by atoms with Crippen LogP contribution in [-0.2, 0) is 10.0 Å². The van der Waals surface area contributed by atoms with Crippen molar-refractivity contribution in [3.8, 4) is 0 Å². The molecule has 3 nitrogen and oxygen atoms in total. The minimum Gasteiger partial charge on any atom is -0.208 e. The summed E-state index contributed by atoms with van der Waals surface area (Å²) in [5.74, 6) is 0. The largest absolute Gasteiger partial charge is 0.250 e. The van der Waals surface area contributed by atoms with Crippen molar-refractivity contribution in [3.63, 3.8) is 0 Å². The first-order valence-corrected chi connectivity index (χ1v) is 8.41. The van der Waals surface area contributed by atoms with E-state index in [9.17, 15) is 8.42 Å². The van der Waals surface area contributed by atoms with Gasteiger partial charge in [-0.05, 0) is 25.5 Å². The molecule has 0 radical (unpaired) electrons. The Labute approximate surface area is 112 Å². The maximum absolute atomic E-state index is 11.9. The highest BCUT2D eigenvalue weighted by molar-refractivity contribution is 7.91. The zero-order chi connectivity index (χ0) is 12.9. The second-order valence-corrected chi connectivity index (χ2v) is 7.73. The van der Waals surface area contributed by atoms with Gasteiger partial charge in [0.05, 0.1) is 4.34 Å². The molecule has 6 heteroatoms. The van der Waals surface area contributed by atoms with Gasteiger partial charge in [0.2, 0.25) is 10.0 Å². The van der Waals surface area contributed by atoms with Gasteiger partial charge in [-0.25, -0.2) is 13.1 Å². The van der Waals surface area contributed by atoms with E-state index in [1.807, 2.05) is 6.92 Å². The number of sulfonamides is 1. The van der Waals surface area contributed by atoms with Crippen molar-refractivity contribution in [1.29, 1.82) is 0 Å². The number of hydrogen-bond donors (Lipinski definition) is 1. The van der Waals surface area contributed by atoms with Crippen LogP contribution in [0, 0.1) is 0 Å². The van der Waals surface area contributed by atoms with Crippen LogP contribution in [0.4, 0.5) is 0 Å². The van der Waals surface area contributed by atoms with Crippen LogP contribution < -0.4 is 4.72 Å². The molecule has 0 spiro atoms. The fourth-order valence-electron chi connectivity index (χ4n) is 1.52. The molecule has 1 N–H and O–H groups in total. The summed E-state index contributed by atoms with van der Waals surface area (Å²) >= 11 is 6.81. The molecule has 1 aromatic heterocycles. The summed E-state index contributed by atoms with van der Waals surface area (Å²) in [4.78, 5) is 0. The number of thiophene rings is 1. The third kappa shape index (κ3) is 4.95. The van der Waals surface area contributed by atoms with Crippen molar-refractivity contribution in [1.82, 2.24) is 4.72 Å². The molecular formula is C11H18ClNO2S2. The fourth-order valence-corrected chi connectivity index (χ4v) is 4.30. The summed E-state index contributed by atoms with van der Waals surface area (Å²) < 4.78 is 27.3. The van der Waals surface area contributed by atoms with E-state index in [1.54, 1.807) is 6.07 Å². The van der Waals surface area contributed by atoms with Gasteiger partial charge < -0.3 is 0 Å². The number of unbranched alkanes of at least 4 members (excludes halogenated alkanes) is 2. The number of hydrogen-bond acceptors (Lipinski definition) is 3. The number of nitrogens with one attached hydrogen (secondary N) is 1. The highest BCUT2D eigenvalue weighted by atomic mass is 35.5. The van der Waals surface area contributed by atoms with E-state index in [0.29, 0.717) is 4.34 Å². The molecule has 0 fully saturated rings. The molecule has 98 valence electrons. The van der Waals surface area contributed by atoms with Gasteiger partial charge in [0.15, 0.2) is 0 Å². The predicted molar refractivity (Wildman–Crippen MR) is 73.3 cm³/mol. The molecule has 17 heavy (non-hydrogen) atoms. The Morgan fingerprint density at radius 2 is 2.12 bits per heavy atom. The van der Waals surface area contributed by atoms with Crippen molar-refractivity contribution in [2.24, 2.45) is 0 Å². The highest BCUT2D eigenvalue weighted by Crippen LogP contribution is 2.25. The first-order chi connectivity index (χ1) is 7.95. The van der Waals surface area contributed by atoms with E-state index >= 15 is 0 Å². The molecule has 0 aromatic carbocycles. The molecule has 1 atom stereocenters. The molecular weight excluding hydrogens is 278 g/mol. The maximum atomic E-state index is 11.9. The van der Waals surface area contributed by atoms with Crippen LogP contribution in [-0.4, -0.2) is 14.5 Å². The van der Waals surface area contributed by atoms with Crippen molar-refractivity contribution >= 4 is 33.0 Å². The standard InChI is InChI=1S/C11H18ClNO2S2/c1-3-4-5-6-9(2)13-17(14,15)11-8-7-10(12)16-11/h7-9,13H,3-6H2,1-2H3. The number of rotatable bonds is 7. The molecule has 1 rings (SSSR count). The van der Waals surface area contributed by atoms with Crippen molar-refractivity contribution < 1.29 is 8.42 Å². The minimum absolute atomic E-state index is 0.0348. The summed E-state index contributed by atoms with van der Waals surface area (Å²) in [6.45, 7) is 4.02. The Bertz CT molecular complexity index is 442. The number of halogens is 1. The van der Waals surface area contributed by atoms with Gasteiger partial charge in [-0.15, -0.1) is 11.3 Å². The van der Waals surface area contributed by atoms with Crippen LogP contribution in [0.15, 0.2) is 16.3 Å². The zero-order valence-corrected chi connectivity index (χ0v) is 12.5. The molecule has 0 aliphatic heterocycles. The van der Waals surface area contributed by atoms with Crippen LogP contribution in [0.1, 0.15) is 39.5 Å². The van der Waals surface area contributed by atoms with Gasteiger partial charge in [-0.2, -0.15) is 0 Å². The monoisotopic (exact) mass is 295 g/mol. The maximum Gasteiger partial charge on any atom is 0.250 e. The molecule has 0 amide bonds. The van der Waals surface area contributed by atoms with Crippen LogP contribution in [0.2, 0.25) is 4.34 Å². The predicted octanol–water partition coefficient (Wildman–Crippen LogP) is 3.65. The van der Waals surface area contributed by atoms with Crippen LogP contribution in [0.25, 0.3) is 0 Å². The molecule has 0 aliphatic rings. The first-order valence-electron chi connectivity index (χ1n) is 5.73. The topological polar surface area (TPSA) is 46.2 Å². The Morgan fingerprint density at radius 3 is 2.65 bits per heavy atom. The van der Waals surface area contributed by atoms with Gasteiger partial charge in [-0.3, -0.25) is 0 Å². The third-order valence-electron chi connectivity index (χ3n) is 2.41. The van der Waals surface area contributed by atoms with Crippen LogP contribution in [0.3, 0.4) is 0 Å². The average Bonchev–Trinajstić information content (AvgIpc) is 2.65. The summed E-state index contributed by atoms with van der Waals surface area (Å²) in [6, 6.07) is 3.10. The van der Waals surface area contributed by atoms with E-state index in [0.717, 1.165) is 37.0 Å². The summed E-state index contributed by atoms with van der Waals surface area (Å²) in [7, 11) is -3.39. The SMILES string of the molecule is CCCCCC(C)NS(=O)(=O)c1ccc(Cl)s1. The van der Waals surface area contributed by atoms with Gasteiger partial charge in [0, 0.05) is 6.04 Å². The lowest BCUT2D eigenvalue weighted by Crippen LogP contribution is -2.32. The highest BCUT2D eigenvalue weighted by Gasteiger charge is 2.18. The van der Waals surface area contributed by atoms with Gasteiger partial charge in [0.1, 0.15) is 4.21 Å². The van der Waals surface area contributed by atoms with E-state index < -0.39 is 10.0 Å². The van der Waals surface area contributed by atoms with Crippen LogP contribution >= 0.6 is 22.9 Å². The summed E-state index contributed by atoms with van der Waals surface area (Å²) in [5, 5.41) is 0. The quantitative estimate of drug-likeness (QED) is 0.781. The Kier molecular flexibility index (Phi) is 5.92. The zero-order valence-electron chi connectivity index (χ0n) is 10.1. The van der Waals surface area contributed by atoms with Gasteiger partial charge in [0.25, 0.3) is 0 Å². The Hall–Kier alpha value is -0.100. The summed E-state index contributed by atoms with van der Waals surface area (Å²) in [6.07, 6.45) is 4.19. The lowest BCUT2D eigenvalue weighted by molar-refractivity contribution is 0.528. The summed E-state index contributed by atoms with van der Waals surface area (Å²) in [5.41, 5.74) is 0. The molecule has 1 aromatic rings. The fraction of sp³-hybridized carbons (Fsp3) is 0.636. The molecule has 0 aliphatic carbocycles. The Morgan fingerprint density at radius 1 is 1.41 bits per heavy atom. The minimum atomic E-state index is -3.39. The lowest BCUT2D eigenvalue weighted by atomic mass is 10.1. The van der Waals surface area contributed by atoms with E-state index in [4.69, 9.17) is 11.6 Å². The molecule has 1 heterocycles. The van der Waals surface area contributed by atoms with E-state index in [2.05, 4.69) is 11.6 Å².